The lowest BCUT2D eigenvalue weighted by Gasteiger charge is -2.34. The number of carbonyl (C=O) groups excluding carboxylic acids is 1. The molecule has 0 bridgehead atoms. The van der Waals surface area contributed by atoms with Crippen molar-refractivity contribution in [1.29, 1.82) is 0 Å². The van der Waals surface area contributed by atoms with Gasteiger partial charge >= 0.3 is 0 Å². The molecular formula is C23H25N5O3. The van der Waals surface area contributed by atoms with E-state index in [9.17, 15) is 9.59 Å². The highest BCUT2D eigenvalue weighted by Gasteiger charge is 2.25. The average Bonchev–Trinajstić information content (AvgIpc) is 2.81. The minimum atomic E-state index is -0.458. The number of hydrogen-bond donors (Lipinski definition) is 1. The molecule has 2 heterocycles. The molecule has 0 aliphatic carbocycles. The van der Waals surface area contributed by atoms with Crippen molar-refractivity contribution in [3.63, 3.8) is 0 Å². The van der Waals surface area contributed by atoms with Gasteiger partial charge in [0.25, 0.3) is 11.5 Å². The van der Waals surface area contributed by atoms with E-state index in [0.29, 0.717) is 24.0 Å². The van der Waals surface area contributed by atoms with Crippen molar-refractivity contribution in [1.82, 2.24) is 20.1 Å². The van der Waals surface area contributed by atoms with Gasteiger partial charge in [0.05, 0.1) is 30.4 Å². The number of aromatic nitrogens is 2. The van der Waals surface area contributed by atoms with E-state index in [1.54, 1.807) is 24.3 Å². The van der Waals surface area contributed by atoms with Gasteiger partial charge in [-0.25, -0.2) is 10.1 Å². The van der Waals surface area contributed by atoms with Crippen LogP contribution in [0.3, 0.4) is 0 Å². The number of aryl methyl sites for hydroxylation is 1. The van der Waals surface area contributed by atoms with Gasteiger partial charge < -0.3 is 4.74 Å². The Bertz CT molecular complexity index is 1170. The third-order valence-electron chi connectivity index (χ3n) is 5.43. The molecule has 1 aromatic heterocycles. The Morgan fingerprint density at radius 2 is 1.71 bits per heavy atom. The minimum absolute atomic E-state index is 0.0739. The molecule has 1 aliphatic heterocycles. The molecule has 1 fully saturated rings. The third-order valence-corrected chi connectivity index (χ3v) is 5.43. The Balaban J connectivity index is 1.63. The van der Waals surface area contributed by atoms with Crippen LogP contribution in [0.15, 0.2) is 64.5 Å². The molecule has 2 aromatic carbocycles. The van der Waals surface area contributed by atoms with E-state index >= 15 is 0 Å². The molecule has 160 valence electrons. The summed E-state index contributed by atoms with van der Waals surface area (Å²) >= 11 is 0. The van der Waals surface area contributed by atoms with Crippen LogP contribution in [0.5, 0.6) is 0 Å². The summed E-state index contributed by atoms with van der Waals surface area (Å²) in [5.41, 5.74) is 4.42. The number of carbonyl (C=O) groups is 1. The van der Waals surface area contributed by atoms with Crippen LogP contribution in [0, 0.1) is 0 Å². The summed E-state index contributed by atoms with van der Waals surface area (Å²) in [6, 6.07) is 17.0. The van der Waals surface area contributed by atoms with Gasteiger partial charge in [-0.3, -0.25) is 14.5 Å². The number of hydrazone groups is 1. The average molecular weight is 419 g/mol. The van der Waals surface area contributed by atoms with Gasteiger partial charge in [-0.05, 0) is 18.6 Å². The molecule has 8 nitrogen and oxygen atoms in total. The summed E-state index contributed by atoms with van der Waals surface area (Å²) in [5.74, 6) is -0.458. The number of nitrogens with one attached hydrogen (secondary N) is 1. The smallest absolute Gasteiger partial charge is 0.292 e. The van der Waals surface area contributed by atoms with E-state index in [2.05, 4.69) is 32.7 Å². The number of morpholine rings is 1. The fourth-order valence-electron chi connectivity index (χ4n) is 3.91. The maximum Gasteiger partial charge on any atom is 0.292 e. The molecule has 4 rings (SSSR count). The first kappa shape index (κ1) is 20.9. The minimum Gasteiger partial charge on any atom is -0.379 e. The number of nitrogens with zero attached hydrogens (tertiary/aromatic N) is 4. The summed E-state index contributed by atoms with van der Waals surface area (Å²) in [5, 5.41) is 9.54. The molecule has 8 heteroatoms. The molecule has 1 atom stereocenters. The van der Waals surface area contributed by atoms with Crippen molar-refractivity contribution in [3.05, 3.63) is 76.2 Å². The van der Waals surface area contributed by atoms with Crippen molar-refractivity contribution in [2.24, 2.45) is 12.1 Å². The number of benzene rings is 2. The summed E-state index contributed by atoms with van der Waals surface area (Å²) in [6.45, 7) is 4.80. The standard InChI is InChI=1S/C23H25N5O3/c1-16(21(17-8-4-3-5-9-17)28-12-14-31-15-13-28)24-25-22(29)20-18-10-6-7-11-19(18)23(30)27(2)26-20/h3-11,21H,12-15H2,1-2H3,(H,25,29)/b24-16-/t21-/m1/s1. The fourth-order valence-corrected chi connectivity index (χ4v) is 3.91. The van der Waals surface area contributed by atoms with Crippen LogP contribution in [0.4, 0.5) is 0 Å². The highest BCUT2D eigenvalue weighted by atomic mass is 16.5. The highest BCUT2D eigenvalue weighted by Crippen LogP contribution is 2.23. The number of hydrogen-bond acceptors (Lipinski definition) is 6. The van der Waals surface area contributed by atoms with Gasteiger partial charge in [0.2, 0.25) is 0 Å². The molecule has 1 saturated heterocycles. The predicted molar refractivity (Wildman–Crippen MR) is 119 cm³/mol. The number of rotatable bonds is 5. The van der Waals surface area contributed by atoms with Gasteiger partial charge in [0, 0.05) is 25.5 Å². The number of ether oxygens (including phenoxy) is 1. The quantitative estimate of drug-likeness (QED) is 0.505. The lowest BCUT2D eigenvalue weighted by atomic mass is 10.0. The SMILES string of the molecule is C/C(=N/NC(=O)c1nn(C)c(=O)c2ccccc12)[C@H](c1ccccc1)N1CCOCC1. The maximum atomic E-state index is 12.9. The van der Waals surface area contributed by atoms with Gasteiger partial charge in [0.1, 0.15) is 0 Å². The molecule has 0 saturated carbocycles. The zero-order valence-electron chi connectivity index (χ0n) is 17.6. The van der Waals surface area contributed by atoms with Gasteiger partial charge in [-0.2, -0.15) is 10.2 Å². The molecular weight excluding hydrogens is 394 g/mol. The second-order valence-electron chi connectivity index (χ2n) is 7.48. The van der Waals surface area contributed by atoms with Gasteiger partial charge in [0.15, 0.2) is 5.69 Å². The molecule has 3 aromatic rings. The first-order valence-electron chi connectivity index (χ1n) is 10.2. The van der Waals surface area contributed by atoms with Crippen LogP contribution >= 0.6 is 0 Å². The molecule has 31 heavy (non-hydrogen) atoms. The van der Waals surface area contributed by atoms with Crippen LogP contribution < -0.4 is 11.0 Å². The van der Waals surface area contributed by atoms with Crippen molar-refractivity contribution in [2.45, 2.75) is 13.0 Å². The van der Waals surface area contributed by atoms with Crippen molar-refractivity contribution >= 4 is 22.4 Å². The predicted octanol–water partition coefficient (Wildman–Crippen LogP) is 2.11. The second kappa shape index (κ2) is 9.20. The summed E-state index contributed by atoms with van der Waals surface area (Å²) in [4.78, 5) is 27.5. The zero-order valence-corrected chi connectivity index (χ0v) is 17.6. The van der Waals surface area contributed by atoms with E-state index in [-0.39, 0.29) is 17.3 Å². The van der Waals surface area contributed by atoms with Gasteiger partial charge in [-0.1, -0.05) is 48.5 Å². The van der Waals surface area contributed by atoms with Crippen LogP contribution in [0.2, 0.25) is 0 Å². The monoisotopic (exact) mass is 419 g/mol. The number of fused-ring (bicyclic) bond motifs is 1. The zero-order chi connectivity index (χ0) is 21.8. The molecule has 0 radical (unpaired) electrons. The molecule has 1 aliphatic rings. The van der Waals surface area contributed by atoms with Crippen molar-refractivity contribution < 1.29 is 9.53 Å². The Labute approximate surface area is 180 Å². The Morgan fingerprint density at radius 1 is 1.06 bits per heavy atom. The topological polar surface area (TPSA) is 88.8 Å². The molecule has 1 N–H and O–H groups in total. The summed E-state index contributed by atoms with van der Waals surface area (Å²) in [7, 11) is 1.53. The Morgan fingerprint density at radius 3 is 2.42 bits per heavy atom. The Kier molecular flexibility index (Phi) is 6.20. The van der Waals surface area contributed by atoms with Crippen LogP contribution in [-0.4, -0.2) is 52.6 Å². The highest BCUT2D eigenvalue weighted by molar-refractivity contribution is 6.05. The van der Waals surface area contributed by atoms with E-state index in [1.807, 2.05) is 25.1 Å². The lowest BCUT2D eigenvalue weighted by molar-refractivity contribution is 0.0285. The maximum absolute atomic E-state index is 12.9. The van der Waals surface area contributed by atoms with Crippen molar-refractivity contribution in [2.75, 3.05) is 26.3 Å². The molecule has 1 amide bonds. The van der Waals surface area contributed by atoms with E-state index in [4.69, 9.17) is 4.74 Å². The first-order valence-corrected chi connectivity index (χ1v) is 10.2. The second-order valence-corrected chi connectivity index (χ2v) is 7.48. The normalized spacial score (nSPS) is 16.3. The van der Waals surface area contributed by atoms with E-state index in [0.717, 1.165) is 24.4 Å². The third kappa shape index (κ3) is 4.40. The molecule has 0 unspecified atom stereocenters. The van der Waals surface area contributed by atoms with Crippen LogP contribution in [0.25, 0.3) is 10.8 Å². The van der Waals surface area contributed by atoms with E-state index in [1.165, 1.54) is 11.7 Å². The largest absolute Gasteiger partial charge is 0.379 e. The van der Waals surface area contributed by atoms with Crippen molar-refractivity contribution in [3.8, 4) is 0 Å². The van der Waals surface area contributed by atoms with Crippen LogP contribution in [-0.2, 0) is 11.8 Å². The Hall–Kier alpha value is -3.36. The van der Waals surface area contributed by atoms with Crippen LogP contribution in [0.1, 0.15) is 29.0 Å². The molecule has 0 spiro atoms. The number of amides is 1. The van der Waals surface area contributed by atoms with Gasteiger partial charge in [-0.15, -0.1) is 0 Å². The summed E-state index contributed by atoms with van der Waals surface area (Å²) < 4.78 is 6.67. The lowest BCUT2D eigenvalue weighted by Crippen LogP contribution is -2.42. The first-order chi connectivity index (χ1) is 15.1. The fraction of sp³-hybridized carbons (Fsp3) is 0.304. The van der Waals surface area contributed by atoms with E-state index < -0.39 is 5.91 Å². The summed E-state index contributed by atoms with van der Waals surface area (Å²) in [6.07, 6.45) is 0.